The predicted octanol–water partition coefficient (Wildman–Crippen LogP) is 3.27. The summed E-state index contributed by atoms with van der Waals surface area (Å²) in [5, 5.41) is 4.98. The average Bonchev–Trinajstić information content (AvgIpc) is 3.13. The van der Waals surface area contributed by atoms with Crippen LogP contribution in [0.25, 0.3) is 0 Å². The number of amides is 3. The van der Waals surface area contributed by atoms with Crippen LogP contribution in [0.1, 0.15) is 33.9 Å². The van der Waals surface area contributed by atoms with Crippen molar-refractivity contribution in [3.63, 3.8) is 0 Å². The quantitative estimate of drug-likeness (QED) is 0.657. The first-order valence-corrected chi connectivity index (χ1v) is 9.32. The summed E-state index contributed by atoms with van der Waals surface area (Å²) >= 11 is 13.1. The number of halogens is 2. The Bertz CT molecular complexity index is 810. The van der Waals surface area contributed by atoms with Crippen molar-refractivity contribution in [3.8, 4) is 0 Å². The molecule has 0 aliphatic heterocycles. The van der Waals surface area contributed by atoms with Gasteiger partial charge in [0.1, 0.15) is 6.04 Å². The Balaban J connectivity index is 2.00. The summed E-state index contributed by atoms with van der Waals surface area (Å²) in [5.41, 5.74) is 4.72. The van der Waals surface area contributed by atoms with E-state index >= 15 is 0 Å². The zero-order valence-corrected chi connectivity index (χ0v) is 16.3. The molecule has 26 heavy (non-hydrogen) atoms. The van der Waals surface area contributed by atoms with E-state index in [0.717, 1.165) is 0 Å². The van der Waals surface area contributed by atoms with E-state index in [2.05, 4.69) is 16.2 Å². The highest BCUT2D eigenvalue weighted by Gasteiger charge is 2.25. The van der Waals surface area contributed by atoms with Crippen LogP contribution in [0, 0.1) is 5.92 Å². The maximum Gasteiger partial charge on any atom is 0.271 e. The number of carbonyl (C=O) groups is 3. The van der Waals surface area contributed by atoms with Crippen LogP contribution >= 0.6 is 34.5 Å². The molecule has 9 heteroatoms. The van der Waals surface area contributed by atoms with Gasteiger partial charge in [0.05, 0.1) is 15.5 Å². The monoisotopic (exact) mass is 413 g/mol. The van der Waals surface area contributed by atoms with Gasteiger partial charge < -0.3 is 5.32 Å². The van der Waals surface area contributed by atoms with Crippen LogP contribution in [0.5, 0.6) is 0 Å². The van der Waals surface area contributed by atoms with Crippen molar-refractivity contribution in [3.05, 3.63) is 56.2 Å². The molecule has 138 valence electrons. The third kappa shape index (κ3) is 5.20. The number of hydrogen-bond donors (Lipinski definition) is 3. The third-order valence-electron chi connectivity index (χ3n) is 3.45. The summed E-state index contributed by atoms with van der Waals surface area (Å²) in [4.78, 5) is 37.2. The van der Waals surface area contributed by atoms with Crippen LogP contribution in [0.4, 0.5) is 0 Å². The van der Waals surface area contributed by atoms with Gasteiger partial charge in [0.2, 0.25) is 0 Å². The summed E-state index contributed by atoms with van der Waals surface area (Å²) in [5.74, 6) is -1.70. The molecular weight excluding hydrogens is 397 g/mol. The van der Waals surface area contributed by atoms with Crippen molar-refractivity contribution >= 4 is 52.3 Å². The van der Waals surface area contributed by atoms with E-state index in [4.69, 9.17) is 23.2 Å². The lowest BCUT2D eigenvalue weighted by Gasteiger charge is -2.21. The fraction of sp³-hybridized carbons (Fsp3) is 0.235. The van der Waals surface area contributed by atoms with Gasteiger partial charge in [-0.2, -0.15) is 0 Å². The van der Waals surface area contributed by atoms with Crippen molar-refractivity contribution in [2.45, 2.75) is 19.9 Å². The second kappa shape index (κ2) is 9.02. The molecule has 0 spiro atoms. The molecule has 0 saturated carbocycles. The normalized spacial score (nSPS) is 11.7. The number of rotatable bonds is 5. The number of hydrazine groups is 1. The van der Waals surface area contributed by atoms with Gasteiger partial charge in [-0.05, 0) is 35.6 Å². The Morgan fingerprint density at radius 1 is 1.04 bits per heavy atom. The summed E-state index contributed by atoms with van der Waals surface area (Å²) in [7, 11) is 0. The van der Waals surface area contributed by atoms with Crippen LogP contribution in [0.3, 0.4) is 0 Å². The first-order chi connectivity index (χ1) is 12.3. The van der Waals surface area contributed by atoms with Crippen LogP contribution in [0.15, 0.2) is 35.7 Å². The fourth-order valence-electron chi connectivity index (χ4n) is 2.09. The van der Waals surface area contributed by atoms with Gasteiger partial charge in [-0.15, -0.1) is 11.3 Å². The molecule has 0 aliphatic rings. The summed E-state index contributed by atoms with van der Waals surface area (Å²) < 4.78 is 0. The molecule has 1 heterocycles. The molecule has 6 nitrogen and oxygen atoms in total. The molecule has 0 saturated heterocycles. The van der Waals surface area contributed by atoms with Crippen molar-refractivity contribution in [1.29, 1.82) is 0 Å². The van der Waals surface area contributed by atoms with Crippen LogP contribution in [0.2, 0.25) is 10.0 Å². The molecular formula is C17H17Cl2N3O3S. The van der Waals surface area contributed by atoms with Gasteiger partial charge in [-0.1, -0.05) is 43.1 Å². The highest BCUT2D eigenvalue weighted by molar-refractivity contribution is 7.12. The SMILES string of the molecule is CC(C)[C@H](NC(=O)c1cccs1)C(=O)NNC(=O)c1cc(Cl)ccc1Cl. The van der Waals surface area contributed by atoms with Gasteiger partial charge in [0, 0.05) is 5.02 Å². The first-order valence-electron chi connectivity index (χ1n) is 7.69. The predicted molar refractivity (Wildman–Crippen MR) is 102 cm³/mol. The molecule has 0 radical (unpaired) electrons. The molecule has 1 aromatic carbocycles. The largest absolute Gasteiger partial charge is 0.339 e. The Hall–Kier alpha value is -2.09. The second-order valence-electron chi connectivity index (χ2n) is 5.74. The van der Waals surface area contributed by atoms with E-state index in [1.165, 1.54) is 23.5 Å². The summed E-state index contributed by atoms with van der Waals surface area (Å²) in [6.07, 6.45) is 0. The second-order valence-corrected chi connectivity index (χ2v) is 7.53. The lowest BCUT2D eigenvalue weighted by atomic mass is 10.0. The maximum atomic E-state index is 12.4. The number of benzene rings is 1. The molecule has 2 rings (SSSR count). The Labute approximate surface area is 164 Å². The summed E-state index contributed by atoms with van der Waals surface area (Å²) in [6, 6.07) is 7.02. The van der Waals surface area contributed by atoms with Gasteiger partial charge >= 0.3 is 0 Å². The number of hydrogen-bond acceptors (Lipinski definition) is 4. The molecule has 3 amide bonds. The lowest BCUT2D eigenvalue weighted by molar-refractivity contribution is -0.124. The van der Waals surface area contributed by atoms with E-state index < -0.39 is 17.9 Å². The molecule has 1 aromatic heterocycles. The average molecular weight is 414 g/mol. The van der Waals surface area contributed by atoms with E-state index in [9.17, 15) is 14.4 Å². The molecule has 0 aliphatic carbocycles. The molecule has 0 fully saturated rings. The van der Waals surface area contributed by atoms with Crippen molar-refractivity contribution in [2.24, 2.45) is 5.92 Å². The minimum atomic E-state index is -0.820. The minimum Gasteiger partial charge on any atom is -0.339 e. The minimum absolute atomic E-state index is 0.128. The third-order valence-corrected chi connectivity index (χ3v) is 4.89. The van der Waals surface area contributed by atoms with E-state index in [-0.39, 0.29) is 22.4 Å². The molecule has 0 unspecified atom stereocenters. The van der Waals surface area contributed by atoms with E-state index in [1.54, 1.807) is 37.4 Å². The molecule has 2 aromatic rings. The number of carbonyl (C=O) groups excluding carboxylic acids is 3. The molecule has 3 N–H and O–H groups in total. The van der Waals surface area contributed by atoms with Gasteiger partial charge in [-0.3, -0.25) is 25.2 Å². The smallest absolute Gasteiger partial charge is 0.271 e. The van der Waals surface area contributed by atoms with Crippen LogP contribution in [-0.2, 0) is 4.79 Å². The van der Waals surface area contributed by atoms with Crippen LogP contribution in [-0.4, -0.2) is 23.8 Å². The topological polar surface area (TPSA) is 87.3 Å². The molecule has 1 atom stereocenters. The first kappa shape index (κ1) is 20.2. The fourth-order valence-corrected chi connectivity index (χ4v) is 3.09. The van der Waals surface area contributed by atoms with Gasteiger partial charge in [-0.25, -0.2) is 0 Å². The zero-order valence-electron chi connectivity index (χ0n) is 14.0. The lowest BCUT2D eigenvalue weighted by Crippen LogP contribution is -2.54. The van der Waals surface area contributed by atoms with Gasteiger partial charge in [0.25, 0.3) is 17.7 Å². The van der Waals surface area contributed by atoms with Crippen molar-refractivity contribution < 1.29 is 14.4 Å². The maximum absolute atomic E-state index is 12.4. The van der Waals surface area contributed by atoms with Crippen LogP contribution < -0.4 is 16.2 Å². The standard InChI is InChI=1S/C17H17Cl2N3O3S/c1-9(2)14(20-16(24)13-4-3-7-26-13)17(25)22-21-15(23)11-8-10(18)5-6-12(11)19/h3-9,14H,1-2H3,(H,20,24)(H,21,23)(H,22,25)/t14-/m0/s1. The van der Waals surface area contributed by atoms with Crippen molar-refractivity contribution in [1.82, 2.24) is 16.2 Å². The van der Waals surface area contributed by atoms with E-state index in [1.807, 2.05) is 0 Å². The van der Waals surface area contributed by atoms with E-state index in [0.29, 0.717) is 9.90 Å². The number of thiophene rings is 1. The summed E-state index contributed by atoms with van der Waals surface area (Å²) in [6.45, 7) is 3.57. The zero-order chi connectivity index (χ0) is 19.3. The highest BCUT2D eigenvalue weighted by atomic mass is 35.5. The number of nitrogens with one attached hydrogen (secondary N) is 3. The van der Waals surface area contributed by atoms with Gasteiger partial charge in [0.15, 0.2) is 0 Å². The van der Waals surface area contributed by atoms with Crippen molar-refractivity contribution in [2.75, 3.05) is 0 Å². The molecule has 0 bridgehead atoms. The Morgan fingerprint density at radius 2 is 1.77 bits per heavy atom. The Morgan fingerprint density at radius 3 is 2.38 bits per heavy atom. The Kier molecular flexibility index (Phi) is 7.02. The highest BCUT2D eigenvalue weighted by Crippen LogP contribution is 2.20.